The second-order valence-electron chi connectivity index (χ2n) is 6.91. The summed E-state index contributed by atoms with van der Waals surface area (Å²) in [7, 11) is 0. The van der Waals surface area contributed by atoms with Crippen LogP contribution in [0.3, 0.4) is 0 Å². The average molecular weight is 361 g/mol. The molecule has 0 spiro atoms. The number of carbonyl (C=O) groups is 1. The summed E-state index contributed by atoms with van der Waals surface area (Å²) in [5, 5.41) is 7.41. The molecule has 1 aliphatic heterocycles. The van der Waals surface area contributed by atoms with E-state index in [0.717, 1.165) is 41.9 Å². The number of aromatic nitrogens is 3. The normalized spacial score (nSPS) is 15.9. The molecule has 0 saturated heterocycles. The monoisotopic (exact) mass is 361 g/mol. The van der Waals surface area contributed by atoms with Crippen molar-refractivity contribution < 1.29 is 4.79 Å². The number of fused-ring (bicyclic) bond motifs is 1. The molecule has 2 aromatic carbocycles. The number of carbonyl (C=O) groups excluding carboxylic acids is 1. The molecule has 1 unspecified atom stereocenters. The lowest BCUT2D eigenvalue weighted by Gasteiger charge is -2.23. The molecule has 0 fully saturated rings. The van der Waals surface area contributed by atoms with Crippen LogP contribution in [0.4, 0.5) is 11.6 Å². The molecule has 4 rings (SSSR count). The summed E-state index contributed by atoms with van der Waals surface area (Å²) in [6, 6.07) is 18.0. The van der Waals surface area contributed by atoms with Crippen molar-refractivity contribution in [2.24, 2.45) is 0 Å². The van der Waals surface area contributed by atoms with E-state index in [1.54, 1.807) is 0 Å². The summed E-state index contributed by atoms with van der Waals surface area (Å²) in [5.74, 6) is 1.23. The molecule has 0 bridgehead atoms. The van der Waals surface area contributed by atoms with Gasteiger partial charge in [0.1, 0.15) is 5.82 Å². The molecule has 2 heterocycles. The average Bonchev–Trinajstić information content (AvgIpc) is 3.09. The van der Waals surface area contributed by atoms with Gasteiger partial charge < -0.3 is 5.73 Å². The van der Waals surface area contributed by atoms with Crippen LogP contribution in [0.15, 0.2) is 54.6 Å². The Morgan fingerprint density at radius 1 is 1.19 bits per heavy atom. The summed E-state index contributed by atoms with van der Waals surface area (Å²) in [6.07, 6.45) is 4.01. The molecule has 0 aliphatic carbocycles. The van der Waals surface area contributed by atoms with E-state index < -0.39 is 0 Å². The fourth-order valence-corrected chi connectivity index (χ4v) is 3.57. The van der Waals surface area contributed by atoms with Gasteiger partial charge in [0, 0.05) is 18.5 Å². The third-order valence-electron chi connectivity index (χ3n) is 4.91. The van der Waals surface area contributed by atoms with E-state index in [1.165, 1.54) is 0 Å². The van der Waals surface area contributed by atoms with Crippen LogP contribution >= 0.6 is 0 Å². The van der Waals surface area contributed by atoms with Crippen molar-refractivity contribution >= 4 is 17.5 Å². The second-order valence-corrected chi connectivity index (χ2v) is 6.91. The third kappa shape index (κ3) is 4.00. The molecule has 1 atom stereocenters. The number of nitrogens with two attached hydrogens (primary N) is 1. The summed E-state index contributed by atoms with van der Waals surface area (Å²) in [5.41, 5.74) is 8.95. The van der Waals surface area contributed by atoms with E-state index >= 15 is 0 Å². The van der Waals surface area contributed by atoms with E-state index in [2.05, 4.69) is 21.5 Å². The zero-order chi connectivity index (χ0) is 18.6. The SMILES string of the molecule is Nc1cccc(C2CCCc3nc(NC(=O)CCc4ccccc4)nn32)c1. The highest BCUT2D eigenvalue weighted by atomic mass is 16.1. The number of rotatable bonds is 5. The first-order valence-corrected chi connectivity index (χ1v) is 9.34. The minimum atomic E-state index is -0.0673. The summed E-state index contributed by atoms with van der Waals surface area (Å²) in [6.45, 7) is 0. The summed E-state index contributed by atoms with van der Waals surface area (Å²) in [4.78, 5) is 16.8. The highest BCUT2D eigenvalue weighted by Crippen LogP contribution is 2.30. The van der Waals surface area contributed by atoms with Crippen LogP contribution in [-0.4, -0.2) is 20.7 Å². The first kappa shape index (κ1) is 17.3. The van der Waals surface area contributed by atoms with E-state index in [4.69, 9.17) is 5.73 Å². The Hall–Kier alpha value is -3.15. The highest BCUT2D eigenvalue weighted by Gasteiger charge is 2.25. The molecule has 138 valence electrons. The lowest BCUT2D eigenvalue weighted by atomic mass is 9.97. The smallest absolute Gasteiger partial charge is 0.249 e. The van der Waals surface area contributed by atoms with Crippen LogP contribution in [0, 0.1) is 0 Å². The quantitative estimate of drug-likeness (QED) is 0.682. The predicted molar refractivity (Wildman–Crippen MR) is 105 cm³/mol. The third-order valence-corrected chi connectivity index (χ3v) is 4.91. The highest BCUT2D eigenvalue weighted by molar-refractivity contribution is 5.89. The molecule has 0 radical (unpaired) electrons. The summed E-state index contributed by atoms with van der Waals surface area (Å²) >= 11 is 0. The Labute approximate surface area is 158 Å². The molecule has 1 amide bonds. The number of nitrogens with zero attached hydrogens (tertiary/aromatic N) is 3. The minimum Gasteiger partial charge on any atom is -0.399 e. The van der Waals surface area contributed by atoms with Gasteiger partial charge in [-0.15, -0.1) is 5.10 Å². The van der Waals surface area contributed by atoms with Gasteiger partial charge in [-0.2, -0.15) is 4.98 Å². The van der Waals surface area contributed by atoms with Crippen LogP contribution < -0.4 is 11.1 Å². The fourth-order valence-electron chi connectivity index (χ4n) is 3.57. The fraction of sp³-hybridized carbons (Fsp3) is 0.286. The standard InChI is InChI=1S/C21H23N5O/c22-17-9-4-8-16(14-17)18-10-5-11-19-23-21(25-26(18)19)24-20(27)13-12-15-6-2-1-3-7-15/h1-4,6-9,14,18H,5,10-13,22H2,(H,24,25,27). The molecular formula is C21H23N5O. The van der Waals surface area contributed by atoms with Gasteiger partial charge in [-0.25, -0.2) is 4.68 Å². The maximum Gasteiger partial charge on any atom is 0.249 e. The number of amides is 1. The molecule has 6 heteroatoms. The molecule has 3 aromatic rings. The van der Waals surface area contributed by atoms with Crippen molar-refractivity contribution in [3.05, 3.63) is 71.5 Å². The van der Waals surface area contributed by atoms with Gasteiger partial charge in [0.05, 0.1) is 6.04 Å². The van der Waals surface area contributed by atoms with Crippen molar-refractivity contribution in [2.75, 3.05) is 11.1 Å². The largest absolute Gasteiger partial charge is 0.399 e. The van der Waals surface area contributed by atoms with Gasteiger partial charge in [0.15, 0.2) is 0 Å². The van der Waals surface area contributed by atoms with Crippen LogP contribution in [0.25, 0.3) is 0 Å². The van der Waals surface area contributed by atoms with E-state index in [-0.39, 0.29) is 11.9 Å². The van der Waals surface area contributed by atoms with E-state index in [9.17, 15) is 4.79 Å². The van der Waals surface area contributed by atoms with Crippen molar-refractivity contribution in [3.8, 4) is 0 Å². The summed E-state index contributed by atoms with van der Waals surface area (Å²) < 4.78 is 1.94. The Morgan fingerprint density at radius 2 is 2.04 bits per heavy atom. The van der Waals surface area contributed by atoms with Crippen molar-refractivity contribution in [1.29, 1.82) is 0 Å². The number of nitrogen functional groups attached to an aromatic ring is 1. The Balaban J connectivity index is 1.45. The minimum absolute atomic E-state index is 0.0673. The lowest BCUT2D eigenvalue weighted by molar-refractivity contribution is -0.116. The maximum absolute atomic E-state index is 12.3. The molecule has 27 heavy (non-hydrogen) atoms. The van der Waals surface area contributed by atoms with Crippen LogP contribution in [0.2, 0.25) is 0 Å². The van der Waals surface area contributed by atoms with E-state index in [1.807, 2.05) is 53.2 Å². The molecule has 3 N–H and O–H groups in total. The van der Waals surface area contributed by atoms with Gasteiger partial charge in [0.2, 0.25) is 11.9 Å². The van der Waals surface area contributed by atoms with Crippen LogP contribution in [0.1, 0.15) is 42.3 Å². The predicted octanol–water partition coefficient (Wildman–Crippen LogP) is 3.36. The zero-order valence-electron chi connectivity index (χ0n) is 15.1. The van der Waals surface area contributed by atoms with Gasteiger partial charge in [-0.05, 0) is 42.5 Å². The van der Waals surface area contributed by atoms with Gasteiger partial charge in [-0.3, -0.25) is 10.1 Å². The number of nitrogens with one attached hydrogen (secondary N) is 1. The molecule has 1 aliphatic rings. The Morgan fingerprint density at radius 3 is 2.85 bits per heavy atom. The van der Waals surface area contributed by atoms with Crippen molar-refractivity contribution in [2.45, 2.75) is 38.1 Å². The Bertz CT molecular complexity index is 935. The lowest BCUT2D eigenvalue weighted by Crippen LogP contribution is -2.20. The van der Waals surface area contributed by atoms with Crippen LogP contribution in [0.5, 0.6) is 0 Å². The molecule has 0 saturated carbocycles. The molecular weight excluding hydrogens is 338 g/mol. The number of anilines is 2. The first-order valence-electron chi connectivity index (χ1n) is 9.34. The number of benzene rings is 2. The van der Waals surface area contributed by atoms with Crippen molar-refractivity contribution in [3.63, 3.8) is 0 Å². The van der Waals surface area contributed by atoms with Gasteiger partial charge in [0.25, 0.3) is 0 Å². The maximum atomic E-state index is 12.3. The van der Waals surface area contributed by atoms with Crippen molar-refractivity contribution in [1.82, 2.24) is 14.8 Å². The zero-order valence-corrected chi connectivity index (χ0v) is 15.1. The number of aryl methyl sites for hydroxylation is 2. The number of hydrogen-bond acceptors (Lipinski definition) is 4. The number of hydrogen-bond donors (Lipinski definition) is 2. The van der Waals surface area contributed by atoms with Gasteiger partial charge in [-0.1, -0.05) is 42.5 Å². The van der Waals surface area contributed by atoms with Gasteiger partial charge >= 0.3 is 0 Å². The Kier molecular flexibility index (Phi) is 4.87. The first-order chi connectivity index (χ1) is 13.2. The van der Waals surface area contributed by atoms with Crippen LogP contribution in [-0.2, 0) is 17.6 Å². The topological polar surface area (TPSA) is 85.8 Å². The molecule has 6 nitrogen and oxygen atoms in total. The molecule has 1 aromatic heterocycles. The second kappa shape index (κ2) is 7.61. The van der Waals surface area contributed by atoms with E-state index in [0.29, 0.717) is 18.8 Å².